The predicted molar refractivity (Wildman–Crippen MR) is 82.6 cm³/mol. The molecule has 0 radical (unpaired) electrons. The highest BCUT2D eigenvalue weighted by Crippen LogP contribution is 2.49. The minimum atomic E-state index is -0.212. The Kier molecular flexibility index (Phi) is 3.26. The highest BCUT2D eigenvalue weighted by atomic mass is 19.1. The number of hydrogen-bond donors (Lipinski definition) is 2. The summed E-state index contributed by atoms with van der Waals surface area (Å²) < 4.78 is 13.1. The zero-order valence-corrected chi connectivity index (χ0v) is 12.7. The van der Waals surface area contributed by atoms with Crippen LogP contribution in [-0.4, -0.2) is 18.5 Å². The van der Waals surface area contributed by atoms with Gasteiger partial charge in [-0.1, -0.05) is 12.1 Å². The summed E-state index contributed by atoms with van der Waals surface area (Å²) in [5.41, 5.74) is 7.40. The van der Waals surface area contributed by atoms with Gasteiger partial charge in [0.2, 0.25) is 5.91 Å². The number of amides is 1. The fourth-order valence-corrected chi connectivity index (χ4v) is 4.62. The average molecular weight is 302 g/mol. The topological polar surface area (TPSA) is 55.1 Å². The van der Waals surface area contributed by atoms with E-state index in [1.165, 1.54) is 18.6 Å². The van der Waals surface area contributed by atoms with E-state index in [0.717, 1.165) is 31.2 Å². The van der Waals surface area contributed by atoms with Gasteiger partial charge in [-0.15, -0.1) is 0 Å². The van der Waals surface area contributed by atoms with Gasteiger partial charge in [-0.25, -0.2) is 4.39 Å². The van der Waals surface area contributed by atoms with Crippen molar-refractivity contribution in [3.05, 3.63) is 35.6 Å². The monoisotopic (exact) mass is 302 g/mol. The van der Waals surface area contributed by atoms with E-state index in [4.69, 9.17) is 5.73 Å². The van der Waals surface area contributed by atoms with Crippen molar-refractivity contribution in [3.8, 4) is 0 Å². The van der Waals surface area contributed by atoms with E-state index < -0.39 is 0 Å². The molecule has 4 heteroatoms. The molecule has 3 aliphatic rings. The zero-order valence-electron chi connectivity index (χ0n) is 12.7. The molecule has 1 aromatic carbocycles. The molecule has 1 aromatic rings. The summed E-state index contributed by atoms with van der Waals surface area (Å²) in [4.78, 5) is 12.6. The summed E-state index contributed by atoms with van der Waals surface area (Å²) in [5.74, 6) is 0.959. The van der Waals surface area contributed by atoms with Crippen LogP contribution >= 0.6 is 0 Å². The maximum Gasteiger partial charge on any atom is 0.224 e. The first-order valence-corrected chi connectivity index (χ1v) is 8.38. The molecule has 2 bridgehead atoms. The van der Waals surface area contributed by atoms with Crippen LogP contribution in [0.2, 0.25) is 0 Å². The predicted octanol–water partition coefficient (Wildman–Crippen LogP) is 2.35. The summed E-state index contributed by atoms with van der Waals surface area (Å²) >= 11 is 0. The number of hydrogen-bond acceptors (Lipinski definition) is 2. The van der Waals surface area contributed by atoms with Gasteiger partial charge in [0, 0.05) is 18.0 Å². The maximum atomic E-state index is 13.1. The highest BCUT2D eigenvalue weighted by molar-refractivity contribution is 5.80. The van der Waals surface area contributed by atoms with Crippen LogP contribution in [0.3, 0.4) is 0 Å². The van der Waals surface area contributed by atoms with Crippen LogP contribution in [-0.2, 0) is 10.2 Å². The van der Waals surface area contributed by atoms with Gasteiger partial charge in [0.15, 0.2) is 0 Å². The molecule has 4 atom stereocenters. The molecule has 4 unspecified atom stereocenters. The second-order valence-corrected chi connectivity index (χ2v) is 7.44. The molecule has 3 N–H and O–H groups in total. The van der Waals surface area contributed by atoms with E-state index in [0.29, 0.717) is 18.4 Å². The Morgan fingerprint density at radius 1 is 1.23 bits per heavy atom. The second-order valence-electron chi connectivity index (χ2n) is 7.44. The molecule has 118 valence electrons. The van der Waals surface area contributed by atoms with Gasteiger partial charge in [0.05, 0.1) is 5.92 Å². The van der Waals surface area contributed by atoms with Crippen LogP contribution in [0.15, 0.2) is 24.3 Å². The molecule has 0 spiro atoms. The first kappa shape index (κ1) is 14.2. The molecule has 3 nitrogen and oxygen atoms in total. The van der Waals surface area contributed by atoms with Crippen LogP contribution < -0.4 is 11.1 Å². The lowest BCUT2D eigenvalue weighted by Crippen LogP contribution is -2.46. The lowest BCUT2D eigenvalue weighted by atomic mass is 9.84. The third kappa shape index (κ3) is 2.24. The lowest BCUT2D eigenvalue weighted by molar-refractivity contribution is -0.127. The van der Waals surface area contributed by atoms with Crippen molar-refractivity contribution in [1.29, 1.82) is 0 Å². The summed E-state index contributed by atoms with van der Waals surface area (Å²) in [6.45, 7) is 0.651. The van der Waals surface area contributed by atoms with Crippen molar-refractivity contribution >= 4 is 5.91 Å². The van der Waals surface area contributed by atoms with Crippen molar-refractivity contribution in [3.63, 3.8) is 0 Å². The van der Waals surface area contributed by atoms with Gasteiger partial charge in [-0.2, -0.15) is 0 Å². The Morgan fingerprint density at radius 2 is 1.91 bits per heavy atom. The Balaban J connectivity index is 1.40. The smallest absolute Gasteiger partial charge is 0.224 e. The van der Waals surface area contributed by atoms with E-state index in [1.807, 2.05) is 12.1 Å². The summed E-state index contributed by atoms with van der Waals surface area (Å²) in [5, 5.41) is 3.14. The van der Waals surface area contributed by atoms with Gasteiger partial charge in [0.1, 0.15) is 5.82 Å². The number of nitrogens with one attached hydrogen (secondary N) is 1. The third-order valence-electron chi connectivity index (χ3n) is 6.19. The molecular formula is C18H23FN2O. The SMILES string of the molecule is NC1C2CCC(C2)C1C(=O)NCC1(c2ccc(F)cc2)CC1. The Hall–Kier alpha value is -1.42. The van der Waals surface area contributed by atoms with Crippen molar-refractivity contribution in [1.82, 2.24) is 5.32 Å². The Bertz CT molecular complexity index is 579. The fourth-order valence-electron chi connectivity index (χ4n) is 4.62. The third-order valence-corrected chi connectivity index (χ3v) is 6.19. The maximum absolute atomic E-state index is 13.1. The highest BCUT2D eigenvalue weighted by Gasteiger charge is 2.50. The molecule has 0 saturated heterocycles. The van der Waals surface area contributed by atoms with Gasteiger partial charge >= 0.3 is 0 Å². The van der Waals surface area contributed by atoms with Crippen LogP contribution in [0.4, 0.5) is 4.39 Å². The van der Waals surface area contributed by atoms with E-state index in [1.54, 1.807) is 0 Å². The van der Waals surface area contributed by atoms with E-state index >= 15 is 0 Å². The minimum Gasteiger partial charge on any atom is -0.355 e. The van der Waals surface area contributed by atoms with Crippen molar-refractivity contribution in [2.24, 2.45) is 23.5 Å². The number of halogens is 1. The largest absolute Gasteiger partial charge is 0.355 e. The van der Waals surface area contributed by atoms with Crippen LogP contribution in [0.25, 0.3) is 0 Å². The van der Waals surface area contributed by atoms with Crippen molar-refractivity contribution in [2.75, 3.05) is 6.54 Å². The number of fused-ring (bicyclic) bond motifs is 2. The second kappa shape index (κ2) is 5.05. The van der Waals surface area contributed by atoms with E-state index in [9.17, 15) is 9.18 Å². The first-order valence-electron chi connectivity index (χ1n) is 8.38. The minimum absolute atomic E-state index is 0.00256. The Morgan fingerprint density at radius 3 is 2.50 bits per heavy atom. The fraction of sp³-hybridized carbons (Fsp3) is 0.611. The van der Waals surface area contributed by atoms with Crippen molar-refractivity contribution in [2.45, 2.75) is 43.6 Å². The number of carbonyl (C=O) groups excluding carboxylic acids is 1. The molecule has 1 amide bonds. The molecule has 0 heterocycles. The number of benzene rings is 1. The number of carbonyl (C=O) groups is 1. The molecule has 22 heavy (non-hydrogen) atoms. The van der Waals surface area contributed by atoms with Gasteiger partial charge in [-0.3, -0.25) is 4.79 Å². The number of nitrogens with two attached hydrogens (primary N) is 1. The summed E-state index contributed by atoms with van der Waals surface area (Å²) in [6.07, 6.45) is 5.58. The van der Waals surface area contributed by atoms with Crippen LogP contribution in [0.1, 0.15) is 37.7 Å². The molecule has 3 saturated carbocycles. The van der Waals surface area contributed by atoms with E-state index in [-0.39, 0.29) is 29.1 Å². The van der Waals surface area contributed by atoms with Gasteiger partial charge < -0.3 is 11.1 Å². The molecule has 0 aliphatic heterocycles. The number of rotatable bonds is 4. The van der Waals surface area contributed by atoms with Crippen LogP contribution in [0.5, 0.6) is 0 Å². The van der Waals surface area contributed by atoms with Crippen molar-refractivity contribution < 1.29 is 9.18 Å². The zero-order chi connectivity index (χ0) is 15.3. The average Bonchev–Trinajstić information content (AvgIpc) is 3.04. The molecule has 0 aromatic heterocycles. The van der Waals surface area contributed by atoms with E-state index in [2.05, 4.69) is 5.32 Å². The summed E-state index contributed by atoms with van der Waals surface area (Å²) in [7, 11) is 0. The summed E-state index contributed by atoms with van der Waals surface area (Å²) in [6, 6.07) is 6.74. The first-order chi connectivity index (χ1) is 10.6. The normalized spacial score (nSPS) is 34.6. The standard InChI is InChI=1S/C18H23FN2O/c19-14-5-3-13(4-6-14)18(7-8-18)10-21-17(22)15-11-1-2-12(9-11)16(15)20/h3-6,11-12,15-16H,1-2,7-10,20H2,(H,21,22). The van der Waals surface area contributed by atoms with Gasteiger partial charge in [-0.05, 0) is 61.6 Å². The Labute approximate surface area is 130 Å². The van der Waals surface area contributed by atoms with Gasteiger partial charge in [0.25, 0.3) is 0 Å². The molecule has 3 fully saturated rings. The molecule has 4 rings (SSSR count). The molecule has 3 aliphatic carbocycles. The van der Waals surface area contributed by atoms with Crippen LogP contribution in [0, 0.1) is 23.6 Å². The quantitative estimate of drug-likeness (QED) is 0.897. The lowest BCUT2D eigenvalue weighted by Gasteiger charge is -2.28. The molecular weight excluding hydrogens is 279 g/mol.